The molecule has 0 spiro atoms. The SMILES string of the molecule is Cc1nnc(N2C(=O)C(O)=C(C(=O)c3cccs3)[C@H]2c2cccnc2)s1. The Labute approximate surface area is 156 Å². The molecule has 7 nitrogen and oxygen atoms in total. The Bertz CT molecular complexity index is 1010. The predicted octanol–water partition coefficient (Wildman–Crippen LogP) is 3.09. The van der Waals surface area contributed by atoms with Crippen molar-refractivity contribution in [3.05, 3.63) is 68.8 Å². The molecule has 0 aromatic carbocycles. The van der Waals surface area contributed by atoms with Gasteiger partial charge in [0.2, 0.25) is 10.9 Å². The summed E-state index contributed by atoms with van der Waals surface area (Å²) >= 11 is 2.47. The predicted molar refractivity (Wildman–Crippen MR) is 97.4 cm³/mol. The molecule has 0 aliphatic carbocycles. The van der Waals surface area contributed by atoms with Crippen LogP contribution >= 0.6 is 22.7 Å². The molecule has 0 unspecified atom stereocenters. The molecule has 0 bridgehead atoms. The summed E-state index contributed by atoms with van der Waals surface area (Å²) in [5, 5.41) is 21.2. The van der Waals surface area contributed by atoms with Crippen LogP contribution in [0.4, 0.5) is 5.13 Å². The van der Waals surface area contributed by atoms with Crippen LogP contribution < -0.4 is 4.90 Å². The summed E-state index contributed by atoms with van der Waals surface area (Å²) in [6, 6.07) is 6.07. The number of aromatic nitrogens is 3. The molecule has 4 heterocycles. The number of aryl methyl sites for hydroxylation is 1. The van der Waals surface area contributed by atoms with Gasteiger partial charge in [0.25, 0.3) is 5.91 Å². The summed E-state index contributed by atoms with van der Waals surface area (Å²) in [4.78, 5) is 31.6. The monoisotopic (exact) mass is 384 g/mol. The van der Waals surface area contributed by atoms with Gasteiger partial charge >= 0.3 is 0 Å². The van der Waals surface area contributed by atoms with Crippen molar-refractivity contribution in [1.29, 1.82) is 0 Å². The summed E-state index contributed by atoms with van der Waals surface area (Å²) in [6.07, 6.45) is 3.17. The van der Waals surface area contributed by atoms with Crippen molar-refractivity contribution in [3.8, 4) is 0 Å². The Kier molecular flexibility index (Phi) is 4.09. The summed E-state index contributed by atoms with van der Waals surface area (Å²) in [6.45, 7) is 1.77. The summed E-state index contributed by atoms with van der Waals surface area (Å²) in [5.74, 6) is -1.62. The molecule has 0 saturated heterocycles. The van der Waals surface area contributed by atoms with Crippen molar-refractivity contribution < 1.29 is 14.7 Å². The molecule has 0 fully saturated rings. The fraction of sp³-hybridized carbons (Fsp3) is 0.118. The molecule has 4 rings (SSSR count). The Hall–Kier alpha value is -2.91. The third-order valence-electron chi connectivity index (χ3n) is 3.92. The number of pyridine rings is 1. The molecule has 26 heavy (non-hydrogen) atoms. The van der Waals surface area contributed by atoms with E-state index in [2.05, 4.69) is 15.2 Å². The lowest BCUT2D eigenvalue weighted by Crippen LogP contribution is -2.31. The number of amides is 1. The number of ketones is 1. The van der Waals surface area contributed by atoms with Crippen LogP contribution in [0, 0.1) is 6.92 Å². The molecule has 0 radical (unpaired) electrons. The van der Waals surface area contributed by atoms with Gasteiger partial charge in [-0.15, -0.1) is 21.5 Å². The smallest absolute Gasteiger partial charge is 0.296 e. The lowest BCUT2D eigenvalue weighted by atomic mass is 9.97. The maximum atomic E-state index is 13.0. The first-order valence-corrected chi connectivity index (χ1v) is 9.32. The zero-order valence-corrected chi connectivity index (χ0v) is 15.1. The van der Waals surface area contributed by atoms with Crippen LogP contribution in [0.15, 0.2) is 53.4 Å². The molecular formula is C17H12N4O3S2. The summed E-state index contributed by atoms with van der Waals surface area (Å²) in [5.41, 5.74) is 0.635. The number of aliphatic hydroxyl groups is 1. The van der Waals surface area contributed by atoms with Crippen LogP contribution in [0.2, 0.25) is 0 Å². The van der Waals surface area contributed by atoms with E-state index >= 15 is 0 Å². The zero-order valence-electron chi connectivity index (χ0n) is 13.5. The molecule has 3 aromatic rings. The number of hydrogen-bond donors (Lipinski definition) is 1. The Morgan fingerprint density at radius 3 is 2.73 bits per heavy atom. The normalized spacial score (nSPS) is 17.2. The average molecular weight is 384 g/mol. The van der Waals surface area contributed by atoms with Gasteiger partial charge in [0.05, 0.1) is 16.5 Å². The van der Waals surface area contributed by atoms with Crippen molar-refractivity contribution in [3.63, 3.8) is 0 Å². The fourth-order valence-corrected chi connectivity index (χ4v) is 4.20. The number of aliphatic hydroxyl groups excluding tert-OH is 1. The Morgan fingerprint density at radius 2 is 2.12 bits per heavy atom. The van der Waals surface area contributed by atoms with Gasteiger partial charge in [0.15, 0.2) is 5.76 Å². The lowest BCUT2D eigenvalue weighted by Gasteiger charge is -2.23. The summed E-state index contributed by atoms with van der Waals surface area (Å²) in [7, 11) is 0. The van der Waals surface area contributed by atoms with E-state index in [0.29, 0.717) is 20.6 Å². The number of carbonyl (C=O) groups excluding carboxylic acids is 2. The van der Waals surface area contributed by atoms with Crippen LogP contribution in [-0.4, -0.2) is 32.0 Å². The molecule has 9 heteroatoms. The fourth-order valence-electron chi connectivity index (χ4n) is 2.81. The second-order valence-corrected chi connectivity index (χ2v) is 7.64. The highest BCUT2D eigenvalue weighted by molar-refractivity contribution is 7.15. The van der Waals surface area contributed by atoms with E-state index in [4.69, 9.17) is 0 Å². The van der Waals surface area contributed by atoms with Crippen LogP contribution in [0.5, 0.6) is 0 Å². The van der Waals surface area contributed by atoms with Gasteiger partial charge in [0.1, 0.15) is 5.01 Å². The largest absolute Gasteiger partial charge is 0.503 e. The molecule has 1 N–H and O–H groups in total. The second-order valence-electron chi connectivity index (χ2n) is 5.54. The molecule has 1 atom stereocenters. The number of hydrogen-bond acceptors (Lipinski definition) is 8. The minimum absolute atomic E-state index is 0.0262. The van der Waals surface area contributed by atoms with E-state index in [1.807, 2.05) is 0 Å². The van der Waals surface area contributed by atoms with E-state index in [-0.39, 0.29) is 11.4 Å². The molecule has 3 aromatic heterocycles. The van der Waals surface area contributed by atoms with Crippen molar-refractivity contribution in [2.75, 3.05) is 4.90 Å². The number of thiophene rings is 1. The van der Waals surface area contributed by atoms with E-state index in [9.17, 15) is 14.7 Å². The van der Waals surface area contributed by atoms with Crippen LogP contribution in [0.25, 0.3) is 0 Å². The van der Waals surface area contributed by atoms with Gasteiger partial charge in [-0.25, -0.2) is 0 Å². The van der Waals surface area contributed by atoms with Gasteiger partial charge < -0.3 is 5.11 Å². The van der Waals surface area contributed by atoms with Gasteiger partial charge in [0, 0.05) is 12.4 Å². The molecule has 0 saturated carbocycles. The summed E-state index contributed by atoms with van der Waals surface area (Å²) < 4.78 is 0. The number of carbonyl (C=O) groups is 2. The van der Waals surface area contributed by atoms with Gasteiger partial charge in [-0.05, 0) is 30.0 Å². The Balaban J connectivity index is 1.88. The third-order valence-corrected chi connectivity index (χ3v) is 5.63. The molecule has 1 amide bonds. The number of nitrogens with zero attached hydrogens (tertiary/aromatic N) is 4. The number of anilines is 1. The van der Waals surface area contributed by atoms with Gasteiger partial charge in [-0.2, -0.15) is 0 Å². The quantitative estimate of drug-likeness (QED) is 0.695. The second kappa shape index (κ2) is 6.43. The van der Waals surface area contributed by atoms with Crippen molar-refractivity contribution >= 4 is 39.5 Å². The van der Waals surface area contributed by atoms with Crippen molar-refractivity contribution in [1.82, 2.24) is 15.2 Å². The Morgan fingerprint density at radius 1 is 1.27 bits per heavy atom. The van der Waals surface area contributed by atoms with Crippen molar-refractivity contribution in [2.24, 2.45) is 0 Å². The van der Waals surface area contributed by atoms with E-state index in [1.165, 1.54) is 27.6 Å². The molecular weight excluding hydrogens is 372 g/mol. The molecule has 1 aliphatic rings. The van der Waals surface area contributed by atoms with Crippen molar-refractivity contribution in [2.45, 2.75) is 13.0 Å². The van der Waals surface area contributed by atoms with Gasteiger partial charge in [-0.3, -0.25) is 19.5 Å². The maximum absolute atomic E-state index is 13.0. The third kappa shape index (κ3) is 2.61. The van der Waals surface area contributed by atoms with E-state index in [0.717, 1.165) is 0 Å². The maximum Gasteiger partial charge on any atom is 0.296 e. The minimum atomic E-state index is -0.807. The minimum Gasteiger partial charge on any atom is -0.503 e. The molecule has 130 valence electrons. The van der Waals surface area contributed by atoms with E-state index in [1.54, 1.807) is 49.0 Å². The first kappa shape index (κ1) is 16.6. The lowest BCUT2D eigenvalue weighted by molar-refractivity contribution is -0.117. The van der Waals surface area contributed by atoms with Gasteiger partial charge in [-0.1, -0.05) is 23.5 Å². The highest BCUT2D eigenvalue weighted by Gasteiger charge is 2.46. The first-order valence-electron chi connectivity index (χ1n) is 7.63. The number of rotatable bonds is 4. The van der Waals surface area contributed by atoms with E-state index < -0.39 is 17.7 Å². The highest BCUT2D eigenvalue weighted by Crippen LogP contribution is 2.42. The standard InChI is InChI=1S/C17H12N4O3S2/c1-9-19-20-17(26-9)21-13(10-4-2-6-18-8-10)12(15(23)16(21)24)14(22)11-5-3-7-25-11/h2-8,13,23H,1H3/t13-/m1/s1. The number of Topliss-reactive ketones (excluding diaryl/α,β-unsaturated/α-hetero) is 1. The van der Waals surface area contributed by atoms with Crippen LogP contribution in [0.1, 0.15) is 26.3 Å². The highest BCUT2D eigenvalue weighted by atomic mass is 32.1. The average Bonchev–Trinajstić information content (AvgIpc) is 3.37. The van der Waals surface area contributed by atoms with Crippen LogP contribution in [0.3, 0.4) is 0 Å². The zero-order chi connectivity index (χ0) is 18.3. The molecule has 1 aliphatic heterocycles. The van der Waals surface area contributed by atoms with Crippen LogP contribution in [-0.2, 0) is 4.79 Å². The first-order chi connectivity index (χ1) is 12.6. The topological polar surface area (TPSA) is 96.3 Å².